The highest BCUT2D eigenvalue weighted by Crippen LogP contribution is 2.30. The van der Waals surface area contributed by atoms with Gasteiger partial charge in [0.2, 0.25) is 0 Å². The van der Waals surface area contributed by atoms with E-state index in [1.807, 2.05) is 6.92 Å². The molecule has 0 heterocycles. The van der Waals surface area contributed by atoms with E-state index in [2.05, 4.69) is 4.84 Å². The first-order chi connectivity index (χ1) is 11.4. The van der Waals surface area contributed by atoms with Crippen LogP contribution in [-0.4, -0.2) is 23.5 Å². The molecule has 0 saturated heterocycles. The van der Waals surface area contributed by atoms with Crippen molar-refractivity contribution in [1.82, 2.24) is 4.89 Å². The molecule has 0 saturated carbocycles. The van der Waals surface area contributed by atoms with E-state index in [9.17, 15) is 17.8 Å². The first kappa shape index (κ1) is 18.2. The Hall–Kier alpha value is -2.11. The van der Waals surface area contributed by atoms with Crippen LogP contribution >= 0.6 is 0 Å². The molecule has 0 aliphatic rings. The zero-order chi connectivity index (χ0) is 17.7. The minimum Gasteiger partial charge on any atom is -0.351 e. The van der Waals surface area contributed by atoms with E-state index >= 15 is 0 Å². The standard InChI is InChI=1S/C14H14N2O6S2/c1-10-6-8-11(9-7-10)16(24(20)21)13-5-3-2-4-12(13)14(17)22-15-23(18)19/h2-9,15H,1H3,(H,18,19)(H,20,21). The zero-order valence-electron chi connectivity index (χ0n) is 12.4. The van der Waals surface area contributed by atoms with E-state index < -0.39 is 28.5 Å². The summed E-state index contributed by atoms with van der Waals surface area (Å²) in [7, 11) is 0. The van der Waals surface area contributed by atoms with Crippen molar-refractivity contribution in [2.75, 3.05) is 4.31 Å². The summed E-state index contributed by atoms with van der Waals surface area (Å²) in [6.45, 7) is 1.87. The molecule has 0 bridgehead atoms. The number of aryl methyl sites for hydroxylation is 1. The van der Waals surface area contributed by atoms with Crippen molar-refractivity contribution in [3.8, 4) is 0 Å². The number of nitrogens with zero attached hydrogens (tertiary/aromatic N) is 1. The van der Waals surface area contributed by atoms with Gasteiger partial charge in [-0.25, -0.2) is 17.5 Å². The summed E-state index contributed by atoms with van der Waals surface area (Å²) >= 11 is -5.00. The van der Waals surface area contributed by atoms with Crippen molar-refractivity contribution < 1.29 is 27.2 Å². The maximum Gasteiger partial charge on any atom is 0.359 e. The van der Waals surface area contributed by atoms with Crippen molar-refractivity contribution in [2.45, 2.75) is 6.92 Å². The Morgan fingerprint density at radius 2 is 1.71 bits per heavy atom. The SMILES string of the molecule is Cc1ccc(N(c2ccccc2C(=O)ONS(=O)O)S(=O)O)cc1. The van der Waals surface area contributed by atoms with Crippen LogP contribution < -0.4 is 9.19 Å². The van der Waals surface area contributed by atoms with Crippen molar-refractivity contribution >= 4 is 39.9 Å². The summed E-state index contributed by atoms with van der Waals surface area (Å²) in [5, 5.41) is 0. The van der Waals surface area contributed by atoms with E-state index in [0.717, 1.165) is 9.87 Å². The van der Waals surface area contributed by atoms with Crippen LogP contribution in [0, 0.1) is 6.92 Å². The van der Waals surface area contributed by atoms with Crippen LogP contribution in [0.15, 0.2) is 48.5 Å². The molecule has 3 N–H and O–H groups in total. The van der Waals surface area contributed by atoms with Crippen molar-refractivity contribution in [2.24, 2.45) is 0 Å². The second kappa shape index (κ2) is 8.13. The van der Waals surface area contributed by atoms with E-state index in [0.29, 0.717) is 5.69 Å². The van der Waals surface area contributed by atoms with Gasteiger partial charge >= 0.3 is 5.97 Å². The summed E-state index contributed by atoms with van der Waals surface area (Å²) in [6.07, 6.45) is 0. The largest absolute Gasteiger partial charge is 0.359 e. The Morgan fingerprint density at radius 1 is 1.08 bits per heavy atom. The smallest absolute Gasteiger partial charge is 0.351 e. The van der Waals surface area contributed by atoms with Crippen LogP contribution in [0.25, 0.3) is 0 Å². The first-order valence-electron chi connectivity index (χ1n) is 6.54. The fourth-order valence-electron chi connectivity index (χ4n) is 1.95. The number of hydrogen-bond donors (Lipinski definition) is 3. The number of anilines is 2. The molecule has 0 radical (unpaired) electrons. The number of carbonyl (C=O) groups excluding carboxylic acids is 1. The number of rotatable bonds is 6. The average molecular weight is 370 g/mol. The molecule has 0 aliphatic carbocycles. The summed E-state index contributed by atoms with van der Waals surface area (Å²) in [4.78, 5) is 18.1. The summed E-state index contributed by atoms with van der Waals surface area (Å²) in [5.41, 5.74) is 1.40. The van der Waals surface area contributed by atoms with Crippen molar-refractivity contribution in [3.05, 3.63) is 59.7 Å². The van der Waals surface area contributed by atoms with Gasteiger partial charge in [-0.1, -0.05) is 29.8 Å². The lowest BCUT2D eigenvalue weighted by molar-refractivity contribution is 0.0406. The number of benzene rings is 2. The quantitative estimate of drug-likeness (QED) is 0.529. The van der Waals surface area contributed by atoms with Crippen LogP contribution in [0.3, 0.4) is 0 Å². The molecule has 2 unspecified atom stereocenters. The monoisotopic (exact) mass is 370 g/mol. The topological polar surface area (TPSA) is 116 Å². The predicted octanol–water partition coefficient (Wildman–Crippen LogP) is 2.07. The number of nitrogens with one attached hydrogen (secondary N) is 1. The molecule has 2 aromatic rings. The Balaban J connectivity index is 2.44. The predicted molar refractivity (Wildman–Crippen MR) is 89.9 cm³/mol. The minimum absolute atomic E-state index is 0.0570. The third-order valence-corrected chi connectivity index (χ3v) is 3.92. The zero-order valence-corrected chi connectivity index (χ0v) is 14.0. The van der Waals surface area contributed by atoms with Gasteiger partial charge in [0.15, 0.2) is 0 Å². The van der Waals surface area contributed by atoms with Crippen molar-refractivity contribution in [3.63, 3.8) is 0 Å². The highest BCUT2D eigenvalue weighted by Gasteiger charge is 2.23. The van der Waals surface area contributed by atoms with Gasteiger partial charge in [-0.2, -0.15) is 0 Å². The van der Waals surface area contributed by atoms with Crippen LogP contribution in [-0.2, 0) is 27.4 Å². The second-order valence-electron chi connectivity index (χ2n) is 4.60. The third kappa shape index (κ3) is 4.46. The molecule has 2 atom stereocenters. The van der Waals surface area contributed by atoms with E-state index in [1.165, 1.54) is 18.2 Å². The van der Waals surface area contributed by atoms with E-state index in [1.54, 1.807) is 35.2 Å². The Labute approximate surface area is 143 Å². The van der Waals surface area contributed by atoms with Gasteiger partial charge in [0, 0.05) is 0 Å². The highest BCUT2D eigenvalue weighted by molar-refractivity contribution is 7.81. The number of carbonyl (C=O) groups is 1. The molecule has 0 aromatic heterocycles. The Kier molecular flexibility index (Phi) is 6.17. The average Bonchev–Trinajstić information content (AvgIpc) is 2.55. The van der Waals surface area contributed by atoms with Crippen LogP contribution in [0.5, 0.6) is 0 Å². The van der Waals surface area contributed by atoms with Gasteiger partial charge in [0.1, 0.15) is 0 Å². The molecule has 0 aliphatic heterocycles. The number of para-hydroxylation sites is 1. The molecule has 0 fully saturated rings. The van der Waals surface area contributed by atoms with E-state index in [4.69, 9.17) is 4.55 Å². The van der Waals surface area contributed by atoms with Gasteiger partial charge in [-0.3, -0.25) is 9.11 Å². The van der Waals surface area contributed by atoms with Gasteiger partial charge in [-0.05, 0) is 36.1 Å². The van der Waals surface area contributed by atoms with Gasteiger partial charge < -0.3 is 4.84 Å². The fourth-order valence-corrected chi connectivity index (χ4v) is 2.72. The lowest BCUT2D eigenvalue weighted by atomic mass is 10.1. The van der Waals surface area contributed by atoms with Crippen LogP contribution in [0.4, 0.5) is 11.4 Å². The molecular weight excluding hydrogens is 356 g/mol. The number of hydrogen-bond acceptors (Lipinski definition) is 4. The molecule has 128 valence electrons. The van der Waals surface area contributed by atoms with E-state index in [-0.39, 0.29) is 11.3 Å². The molecule has 0 spiro atoms. The third-order valence-electron chi connectivity index (χ3n) is 2.97. The maximum absolute atomic E-state index is 12.0. The first-order valence-corrected chi connectivity index (χ1v) is 8.71. The molecular formula is C14H14N2O6S2. The normalized spacial score (nSPS) is 13.1. The fraction of sp³-hybridized carbons (Fsp3) is 0.0714. The van der Waals surface area contributed by atoms with Gasteiger partial charge in [0.25, 0.3) is 22.5 Å². The summed E-state index contributed by atoms with van der Waals surface area (Å²) in [5.74, 6) is -0.976. The lowest BCUT2D eigenvalue weighted by Crippen LogP contribution is -2.25. The molecule has 24 heavy (non-hydrogen) atoms. The van der Waals surface area contributed by atoms with Gasteiger partial charge in [0.05, 0.1) is 16.9 Å². The molecule has 8 nitrogen and oxygen atoms in total. The van der Waals surface area contributed by atoms with Crippen LogP contribution in [0.1, 0.15) is 15.9 Å². The Morgan fingerprint density at radius 3 is 2.29 bits per heavy atom. The Bertz CT molecular complexity index is 781. The molecule has 2 aromatic carbocycles. The molecule has 2 rings (SSSR count). The van der Waals surface area contributed by atoms with Crippen molar-refractivity contribution in [1.29, 1.82) is 0 Å². The lowest BCUT2D eigenvalue weighted by Gasteiger charge is -2.22. The summed E-state index contributed by atoms with van der Waals surface area (Å²) in [6, 6.07) is 12.7. The highest BCUT2D eigenvalue weighted by atomic mass is 32.2. The maximum atomic E-state index is 12.0. The summed E-state index contributed by atoms with van der Waals surface area (Å²) < 4.78 is 41.6. The minimum atomic E-state index is -2.54. The van der Waals surface area contributed by atoms with Crippen LogP contribution in [0.2, 0.25) is 0 Å². The van der Waals surface area contributed by atoms with Gasteiger partial charge in [-0.15, -0.1) is 0 Å². The molecule has 10 heteroatoms. The second-order valence-corrected chi connectivity index (χ2v) is 6.09. The molecule has 0 amide bonds.